The molecule has 2 rings (SSSR count). The van der Waals surface area contributed by atoms with Crippen LogP contribution in [-0.2, 0) is 12.6 Å². The summed E-state index contributed by atoms with van der Waals surface area (Å²) in [6.45, 7) is -0.0118. The molecule has 0 fully saturated rings. The Labute approximate surface area is 89.7 Å². The van der Waals surface area contributed by atoms with Crippen LogP contribution in [0.3, 0.4) is 0 Å². The van der Waals surface area contributed by atoms with E-state index < -0.39 is 11.9 Å². The highest BCUT2D eigenvalue weighted by Gasteiger charge is 2.32. The Morgan fingerprint density at radius 3 is 2.56 bits per heavy atom. The van der Waals surface area contributed by atoms with Gasteiger partial charge in [0.25, 0.3) is 0 Å². The van der Waals surface area contributed by atoms with Gasteiger partial charge in [0.2, 0.25) is 0 Å². The number of hydrogen-bond acceptors (Lipinski definition) is 1. The van der Waals surface area contributed by atoms with Gasteiger partial charge >= 0.3 is 6.18 Å². The molecular weight excluding hydrogens is 219 g/mol. The fraction of sp³-hybridized carbons (Fsp3) is 0.273. The summed E-state index contributed by atoms with van der Waals surface area (Å²) in [4.78, 5) is 2.32. The molecule has 0 aliphatic carbocycles. The van der Waals surface area contributed by atoms with Gasteiger partial charge in [0, 0.05) is 17.5 Å². The molecule has 0 aliphatic heterocycles. The molecule has 5 heteroatoms. The van der Waals surface area contributed by atoms with E-state index >= 15 is 0 Å². The smallest absolute Gasteiger partial charge is 0.396 e. The van der Waals surface area contributed by atoms with Crippen molar-refractivity contribution < 1.29 is 18.3 Å². The van der Waals surface area contributed by atoms with Crippen molar-refractivity contribution >= 4 is 10.9 Å². The molecule has 0 atom stereocenters. The van der Waals surface area contributed by atoms with Crippen LogP contribution in [0.2, 0.25) is 0 Å². The van der Waals surface area contributed by atoms with Crippen molar-refractivity contribution in [3.05, 3.63) is 35.5 Å². The largest absolute Gasteiger partial charge is 0.431 e. The molecule has 2 aromatic rings. The Bertz CT molecular complexity index is 501. The second kappa shape index (κ2) is 3.83. The minimum atomic E-state index is -4.35. The topological polar surface area (TPSA) is 36.0 Å². The quantitative estimate of drug-likeness (QED) is 0.816. The lowest BCUT2D eigenvalue weighted by Gasteiger charge is -2.00. The van der Waals surface area contributed by atoms with Crippen LogP contribution < -0.4 is 0 Å². The molecule has 1 aromatic carbocycles. The number of aliphatic hydroxyl groups excluding tert-OH is 1. The van der Waals surface area contributed by atoms with Gasteiger partial charge in [0.1, 0.15) is 5.69 Å². The van der Waals surface area contributed by atoms with Crippen molar-refractivity contribution in [3.63, 3.8) is 0 Å². The van der Waals surface area contributed by atoms with Gasteiger partial charge in [-0.2, -0.15) is 13.2 Å². The SMILES string of the molecule is OCCc1ccc2[nH]c(C(F)(F)F)cc2c1. The molecule has 0 saturated carbocycles. The number of aromatic amines is 1. The first-order valence-electron chi connectivity index (χ1n) is 4.80. The van der Waals surface area contributed by atoms with E-state index in [1.165, 1.54) is 0 Å². The van der Waals surface area contributed by atoms with Crippen LogP contribution in [-0.4, -0.2) is 16.7 Å². The van der Waals surface area contributed by atoms with Crippen LogP contribution in [0.5, 0.6) is 0 Å². The predicted molar refractivity (Wildman–Crippen MR) is 54.1 cm³/mol. The number of aliphatic hydroxyl groups is 1. The average Bonchev–Trinajstić information content (AvgIpc) is 2.60. The minimum Gasteiger partial charge on any atom is -0.396 e. The maximum Gasteiger partial charge on any atom is 0.431 e. The van der Waals surface area contributed by atoms with E-state index in [0.717, 1.165) is 11.6 Å². The van der Waals surface area contributed by atoms with E-state index in [1.54, 1.807) is 18.2 Å². The lowest BCUT2D eigenvalue weighted by atomic mass is 10.1. The number of benzene rings is 1. The Morgan fingerprint density at radius 2 is 1.94 bits per heavy atom. The van der Waals surface area contributed by atoms with Crippen molar-refractivity contribution in [2.75, 3.05) is 6.61 Å². The molecule has 0 bridgehead atoms. The molecule has 1 heterocycles. The highest BCUT2D eigenvalue weighted by atomic mass is 19.4. The highest BCUT2D eigenvalue weighted by molar-refractivity contribution is 5.81. The van der Waals surface area contributed by atoms with Gasteiger partial charge in [-0.1, -0.05) is 6.07 Å². The standard InChI is InChI=1S/C11H10F3NO/c12-11(13,14)10-6-8-5-7(3-4-16)1-2-9(8)15-10/h1-2,5-6,15-16H,3-4H2. The summed E-state index contributed by atoms with van der Waals surface area (Å²) in [5.41, 5.74) is 0.528. The Kier molecular flexibility index (Phi) is 2.63. The Hall–Kier alpha value is -1.49. The van der Waals surface area contributed by atoms with Crippen LogP contribution >= 0.6 is 0 Å². The fourth-order valence-corrected chi connectivity index (χ4v) is 1.62. The minimum absolute atomic E-state index is 0.0118. The molecule has 0 saturated heterocycles. The zero-order chi connectivity index (χ0) is 11.8. The number of halogens is 3. The third-order valence-electron chi connectivity index (χ3n) is 2.39. The number of aromatic nitrogens is 1. The third-order valence-corrected chi connectivity index (χ3v) is 2.39. The van der Waals surface area contributed by atoms with Crippen LogP contribution in [0.1, 0.15) is 11.3 Å². The van der Waals surface area contributed by atoms with E-state index in [1.807, 2.05) is 0 Å². The maximum absolute atomic E-state index is 12.4. The van der Waals surface area contributed by atoms with Gasteiger partial charge in [-0.3, -0.25) is 0 Å². The van der Waals surface area contributed by atoms with Crippen molar-refractivity contribution in [1.29, 1.82) is 0 Å². The number of H-pyrrole nitrogens is 1. The van der Waals surface area contributed by atoms with Crippen molar-refractivity contribution in [1.82, 2.24) is 4.98 Å². The maximum atomic E-state index is 12.4. The molecule has 0 amide bonds. The number of rotatable bonds is 2. The summed E-state index contributed by atoms with van der Waals surface area (Å²) in [6.07, 6.45) is -3.90. The van der Waals surface area contributed by atoms with Crippen LogP contribution in [0.25, 0.3) is 10.9 Å². The van der Waals surface area contributed by atoms with Crippen molar-refractivity contribution in [2.45, 2.75) is 12.6 Å². The molecule has 0 radical (unpaired) electrons. The zero-order valence-electron chi connectivity index (χ0n) is 8.30. The van der Waals surface area contributed by atoms with E-state index in [4.69, 9.17) is 5.11 Å². The zero-order valence-corrected chi connectivity index (χ0v) is 8.30. The molecule has 2 N–H and O–H groups in total. The van der Waals surface area contributed by atoms with Gasteiger partial charge in [-0.15, -0.1) is 0 Å². The summed E-state index contributed by atoms with van der Waals surface area (Å²) in [5, 5.41) is 9.25. The number of hydrogen-bond donors (Lipinski definition) is 2. The van der Waals surface area contributed by atoms with Gasteiger partial charge in [0.05, 0.1) is 0 Å². The molecule has 16 heavy (non-hydrogen) atoms. The molecule has 0 spiro atoms. The van der Waals surface area contributed by atoms with Gasteiger partial charge < -0.3 is 10.1 Å². The number of nitrogens with one attached hydrogen (secondary N) is 1. The van der Waals surface area contributed by atoms with Crippen molar-refractivity contribution in [3.8, 4) is 0 Å². The fourth-order valence-electron chi connectivity index (χ4n) is 1.62. The second-order valence-corrected chi connectivity index (χ2v) is 3.58. The average molecular weight is 229 g/mol. The van der Waals surface area contributed by atoms with E-state index in [-0.39, 0.29) is 6.61 Å². The first kappa shape index (κ1) is 11.0. The molecule has 0 unspecified atom stereocenters. The Balaban J connectivity index is 2.46. The highest BCUT2D eigenvalue weighted by Crippen LogP contribution is 2.31. The normalized spacial score (nSPS) is 12.2. The first-order valence-corrected chi connectivity index (χ1v) is 4.80. The van der Waals surface area contributed by atoms with Gasteiger partial charge in [-0.05, 0) is 30.2 Å². The number of alkyl halides is 3. The summed E-state index contributed by atoms with van der Waals surface area (Å²) in [5.74, 6) is 0. The van der Waals surface area contributed by atoms with E-state index in [0.29, 0.717) is 17.3 Å². The predicted octanol–water partition coefficient (Wildman–Crippen LogP) is 2.72. The molecule has 2 nitrogen and oxygen atoms in total. The molecule has 86 valence electrons. The molecular formula is C11H10F3NO. The summed E-state index contributed by atoms with van der Waals surface area (Å²) >= 11 is 0. The second-order valence-electron chi connectivity index (χ2n) is 3.58. The van der Waals surface area contributed by atoms with Gasteiger partial charge in [0.15, 0.2) is 0 Å². The van der Waals surface area contributed by atoms with Crippen LogP contribution in [0.15, 0.2) is 24.3 Å². The summed E-state index contributed by atoms with van der Waals surface area (Å²) in [6, 6.07) is 6.03. The lowest BCUT2D eigenvalue weighted by molar-refractivity contribution is -0.140. The lowest BCUT2D eigenvalue weighted by Crippen LogP contribution is -2.04. The van der Waals surface area contributed by atoms with E-state index in [2.05, 4.69) is 4.98 Å². The summed E-state index contributed by atoms with van der Waals surface area (Å²) in [7, 11) is 0. The van der Waals surface area contributed by atoms with E-state index in [9.17, 15) is 13.2 Å². The van der Waals surface area contributed by atoms with Crippen molar-refractivity contribution in [2.24, 2.45) is 0 Å². The monoisotopic (exact) mass is 229 g/mol. The van der Waals surface area contributed by atoms with Crippen LogP contribution in [0.4, 0.5) is 13.2 Å². The summed E-state index contributed by atoms with van der Waals surface area (Å²) < 4.78 is 37.2. The Morgan fingerprint density at radius 1 is 1.19 bits per heavy atom. The third kappa shape index (κ3) is 2.04. The van der Waals surface area contributed by atoms with Crippen LogP contribution in [0, 0.1) is 0 Å². The molecule has 0 aliphatic rings. The molecule has 1 aromatic heterocycles. The first-order chi connectivity index (χ1) is 7.50. The number of fused-ring (bicyclic) bond motifs is 1. The van der Waals surface area contributed by atoms with Gasteiger partial charge in [-0.25, -0.2) is 0 Å².